The minimum Gasteiger partial charge on any atom is -0.508 e. The Morgan fingerprint density at radius 1 is 1.05 bits per heavy atom. The molecule has 0 bridgehead atoms. The van der Waals surface area contributed by atoms with Crippen molar-refractivity contribution in [2.24, 2.45) is 5.73 Å². The fourth-order valence-electron chi connectivity index (χ4n) is 3.36. The smallest absolute Gasteiger partial charge is 0.263 e. The average Bonchev–Trinajstić information content (AvgIpc) is 2.81. The number of nitrogens with one attached hydrogen (secondary N) is 2. The topological polar surface area (TPSA) is 157 Å². The number of rotatable bonds is 10. The van der Waals surface area contributed by atoms with Crippen LogP contribution in [-0.2, 0) is 21.2 Å². The zero-order valence-corrected chi connectivity index (χ0v) is 22.0. The fourth-order valence-corrected chi connectivity index (χ4v) is 5.19. The van der Waals surface area contributed by atoms with E-state index in [4.69, 9.17) is 38.4 Å². The number of sulfonamides is 1. The summed E-state index contributed by atoms with van der Waals surface area (Å²) in [6.45, 7) is 2.09. The van der Waals surface area contributed by atoms with Crippen LogP contribution in [0.1, 0.15) is 22.8 Å². The summed E-state index contributed by atoms with van der Waals surface area (Å²) < 4.78 is 40.0. The van der Waals surface area contributed by atoms with Gasteiger partial charge in [-0.05, 0) is 55.5 Å². The lowest BCUT2D eigenvalue weighted by Crippen LogP contribution is -2.23. The Morgan fingerprint density at radius 2 is 1.76 bits per heavy atom. The lowest BCUT2D eigenvalue weighted by atomic mass is 10.1. The summed E-state index contributed by atoms with van der Waals surface area (Å²) in [4.78, 5) is 23.7. The summed E-state index contributed by atoms with van der Waals surface area (Å²) in [5.74, 6) is -1.35. The van der Waals surface area contributed by atoms with Crippen molar-refractivity contribution in [1.82, 2.24) is 5.32 Å². The van der Waals surface area contributed by atoms with Gasteiger partial charge < -0.3 is 25.6 Å². The van der Waals surface area contributed by atoms with Crippen LogP contribution in [0.3, 0.4) is 0 Å². The number of hydrogen-bond donors (Lipinski definition) is 4. The SMILES string of the molecule is CCNC(=O)c1ccc(Oc2ccc(O)c(CC(N)=O)c2OC)c(NS(=O)(=O)c2ccc(Cl)cc2Cl)c1. The highest BCUT2D eigenvalue weighted by molar-refractivity contribution is 7.92. The summed E-state index contributed by atoms with van der Waals surface area (Å²) in [6.07, 6.45) is -0.336. The average molecular weight is 568 g/mol. The first kappa shape index (κ1) is 27.9. The van der Waals surface area contributed by atoms with Crippen molar-refractivity contribution < 1.29 is 32.6 Å². The molecule has 0 heterocycles. The molecular weight excluding hydrogens is 545 g/mol. The fraction of sp³-hybridized carbons (Fsp3) is 0.167. The van der Waals surface area contributed by atoms with Crippen LogP contribution in [0.2, 0.25) is 10.0 Å². The monoisotopic (exact) mass is 567 g/mol. The zero-order chi connectivity index (χ0) is 27.3. The van der Waals surface area contributed by atoms with E-state index in [0.717, 1.165) is 0 Å². The van der Waals surface area contributed by atoms with Gasteiger partial charge in [0.25, 0.3) is 15.9 Å². The normalized spacial score (nSPS) is 11.0. The second kappa shape index (κ2) is 11.6. The molecule has 0 aliphatic carbocycles. The molecule has 2 amide bonds. The maximum atomic E-state index is 13.2. The molecule has 0 saturated heterocycles. The van der Waals surface area contributed by atoms with Crippen molar-refractivity contribution in [3.05, 3.63) is 69.7 Å². The van der Waals surface area contributed by atoms with Crippen LogP contribution in [0.5, 0.6) is 23.0 Å². The zero-order valence-electron chi connectivity index (χ0n) is 19.7. The number of carbonyl (C=O) groups is 2. The third-order valence-corrected chi connectivity index (χ3v) is 7.07. The minimum absolute atomic E-state index is 0.0150. The van der Waals surface area contributed by atoms with Gasteiger partial charge >= 0.3 is 0 Å². The maximum Gasteiger partial charge on any atom is 0.263 e. The predicted octanol–water partition coefficient (Wildman–Crippen LogP) is 4.08. The van der Waals surface area contributed by atoms with Crippen LogP contribution in [0.25, 0.3) is 0 Å². The molecule has 0 aliphatic heterocycles. The van der Waals surface area contributed by atoms with Gasteiger partial charge in [0.15, 0.2) is 17.2 Å². The maximum absolute atomic E-state index is 13.2. The lowest BCUT2D eigenvalue weighted by molar-refractivity contribution is -0.117. The Labute approximate surface area is 223 Å². The van der Waals surface area contributed by atoms with Gasteiger partial charge in [0.05, 0.1) is 24.2 Å². The van der Waals surface area contributed by atoms with Crippen LogP contribution in [0, 0.1) is 0 Å². The molecule has 37 heavy (non-hydrogen) atoms. The highest BCUT2D eigenvalue weighted by atomic mass is 35.5. The van der Waals surface area contributed by atoms with Crippen LogP contribution in [-0.4, -0.2) is 39.0 Å². The molecule has 0 saturated carbocycles. The van der Waals surface area contributed by atoms with E-state index < -0.39 is 21.8 Å². The van der Waals surface area contributed by atoms with Crippen molar-refractivity contribution in [2.75, 3.05) is 18.4 Å². The number of carbonyl (C=O) groups excluding carboxylic acids is 2. The summed E-state index contributed by atoms with van der Waals surface area (Å²) in [5.41, 5.74) is 5.42. The van der Waals surface area contributed by atoms with Crippen molar-refractivity contribution >= 4 is 50.7 Å². The second-order valence-electron chi connectivity index (χ2n) is 7.59. The molecule has 3 aromatic rings. The van der Waals surface area contributed by atoms with E-state index >= 15 is 0 Å². The lowest BCUT2D eigenvalue weighted by Gasteiger charge is -2.18. The van der Waals surface area contributed by atoms with Gasteiger partial charge in [-0.25, -0.2) is 8.42 Å². The van der Waals surface area contributed by atoms with Crippen molar-refractivity contribution in [3.8, 4) is 23.0 Å². The molecule has 5 N–H and O–H groups in total. The highest BCUT2D eigenvalue weighted by Crippen LogP contribution is 2.42. The van der Waals surface area contributed by atoms with Crippen LogP contribution in [0.4, 0.5) is 5.69 Å². The second-order valence-corrected chi connectivity index (χ2v) is 10.1. The third-order valence-electron chi connectivity index (χ3n) is 4.98. The molecule has 3 aromatic carbocycles. The van der Waals surface area contributed by atoms with E-state index in [-0.39, 0.29) is 61.2 Å². The van der Waals surface area contributed by atoms with E-state index in [1.807, 2.05) is 0 Å². The molecule has 3 rings (SSSR count). The van der Waals surface area contributed by atoms with Gasteiger partial charge in [0.2, 0.25) is 5.91 Å². The first-order valence-corrected chi connectivity index (χ1v) is 13.0. The number of phenols is 1. The van der Waals surface area contributed by atoms with Gasteiger partial charge in [-0.15, -0.1) is 0 Å². The highest BCUT2D eigenvalue weighted by Gasteiger charge is 2.23. The number of primary amides is 1. The number of anilines is 1. The largest absolute Gasteiger partial charge is 0.508 e. The molecule has 13 heteroatoms. The van der Waals surface area contributed by atoms with Crippen LogP contribution >= 0.6 is 23.2 Å². The van der Waals surface area contributed by atoms with E-state index in [0.29, 0.717) is 6.54 Å². The standard InChI is InChI=1S/C24H23Cl2N3O7S/c1-3-28-24(32)13-4-7-19(36-20-8-6-18(30)15(12-22(27)31)23(20)35-2)17(10-13)29-37(33,34)21-9-5-14(25)11-16(21)26/h4-11,29-30H,3,12H2,1-2H3,(H2,27,31)(H,28,32). The van der Waals surface area contributed by atoms with Gasteiger partial charge in [-0.3, -0.25) is 14.3 Å². The molecule has 0 spiro atoms. The van der Waals surface area contributed by atoms with E-state index in [2.05, 4.69) is 10.0 Å². The number of nitrogens with two attached hydrogens (primary N) is 1. The molecule has 10 nitrogen and oxygen atoms in total. The van der Waals surface area contributed by atoms with Gasteiger partial charge in [0.1, 0.15) is 10.6 Å². The Balaban J connectivity index is 2.11. The third kappa shape index (κ3) is 6.56. The summed E-state index contributed by atoms with van der Waals surface area (Å²) in [7, 11) is -2.96. The van der Waals surface area contributed by atoms with E-state index in [9.17, 15) is 23.1 Å². The Bertz CT molecular complexity index is 1460. The quantitative estimate of drug-likeness (QED) is 0.287. The Kier molecular flexibility index (Phi) is 8.74. The number of benzene rings is 3. The van der Waals surface area contributed by atoms with E-state index in [1.165, 1.54) is 55.6 Å². The number of ether oxygens (including phenoxy) is 2. The summed E-state index contributed by atoms with van der Waals surface area (Å²) in [6, 6.07) is 10.6. The van der Waals surface area contributed by atoms with Gasteiger partial charge in [0, 0.05) is 22.7 Å². The van der Waals surface area contributed by atoms with Crippen LogP contribution < -0.4 is 25.2 Å². The minimum atomic E-state index is -4.26. The van der Waals surface area contributed by atoms with Crippen LogP contribution in [0.15, 0.2) is 53.4 Å². The predicted molar refractivity (Wildman–Crippen MR) is 139 cm³/mol. The molecule has 0 aromatic heterocycles. The molecule has 0 unspecified atom stereocenters. The molecule has 0 aliphatic rings. The summed E-state index contributed by atoms with van der Waals surface area (Å²) in [5, 5.41) is 13.0. The molecule has 0 fully saturated rings. The van der Waals surface area contributed by atoms with Crippen molar-refractivity contribution in [3.63, 3.8) is 0 Å². The Hall–Kier alpha value is -3.67. The summed E-state index contributed by atoms with van der Waals surface area (Å²) >= 11 is 12.0. The van der Waals surface area contributed by atoms with Gasteiger partial charge in [-0.1, -0.05) is 23.2 Å². The number of halogens is 2. The molecule has 0 atom stereocenters. The van der Waals surface area contributed by atoms with Crippen molar-refractivity contribution in [1.29, 1.82) is 0 Å². The number of phenolic OH excluding ortho intramolecular Hbond substituents is 1. The molecular formula is C24H23Cl2N3O7S. The number of amides is 2. The first-order chi connectivity index (χ1) is 17.5. The number of methoxy groups -OCH3 is 1. The number of hydrogen-bond acceptors (Lipinski definition) is 7. The number of aromatic hydroxyl groups is 1. The van der Waals surface area contributed by atoms with Crippen molar-refractivity contribution in [2.45, 2.75) is 18.2 Å². The molecule has 0 radical (unpaired) electrons. The Morgan fingerprint density at radius 3 is 2.38 bits per heavy atom. The van der Waals surface area contributed by atoms with Gasteiger partial charge in [-0.2, -0.15) is 0 Å². The molecule has 196 valence electrons. The van der Waals surface area contributed by atoms with E-state index in [1.54, 1.807) is 6.92 Å². The first-order valence-electron chi connectivity index (χ1n) is 10.7.